The van der Waals surface area contributed by atoms with Crippen molar-refractivity contribution in [2.75, 3.05) is 0 Å². The molecule has 0 aliphatic rings. The highest BCUT2D eigenvalue weighted by Gasteiger charge is 2.19. The van der Waals surface area contributed by atoms with Crippen molar-refractivity contribution < 1.29 is 0 Å². The van der Waals surface area contributed by atoms with Crippen LogP contribution in [0, 0.1) is 0 Å². The zero-order valence-electron chi connectivity index (χ0n) is 24.3. The van der Waals surface area contributed by atoms with Crippen LogP contribution in [0.3, 0.4) is 0 Å². The van der Waals surface area contributed by atoms with Crippen LogP contribution in [0.5, 0.6) is 0 Å². The molecular weight excluding hydrogens is 565 g/mol. The average molecular weight is 591 g/mol. The molecule has 0 N–H and O–H groups in total. The molecule has 0 fully saturated rings. The molecule has 210 valence electrons. The van der Waals surface area contributed by atoms with E-state index in [0.29, 0.717) is 0 Å². The molecule has 3 aromatic heterocycles. The molecule has 0 bridgehead atoms. The molecule has 0 saturated heterocycles. The van der Waals surface area contributed by atoms with E-state index in [-0.39, 0.29) is 0 Å². The first-order valence-corrected chi connectivity index (χ1v) is 16.2. The van der Waals surface area contributed by atoms with Gasteiger partial charge in [-0.05, 0) is 59.7 Å². The molecule has 3 heteroatoms. The Hall–Kier alpha value is -5.64. The quantitative estimate of drug-likeness (QED) is 0.194. The number of benzene rings is 7. The Morgan fingerprint density at radius 1 is 0.400 bits per heavy atom. The summed E-state index contributed by atoms with van der Waals surface area (Å²) in [5.41, 5.74) is 9.75. The molecule has 0 amide bonds. The number of nitrogens with zero attached hydrogens (tertiary/aromatic N) is 2. The predicted octanol–water partition coefficient (Wildman–Crippen LogP) is 11.9. The first kappa shape index (κ1) is 24.8. The third-order valence-electron chi connectivity index (χ3n) is 9.31. The van der Waals surface area contributed by atoms with E-state index in [0.717, 1.165) is 0 Å². The second-order valence-electron chi connectivity index (χ2n) is 11.7. The fourth-order valence-electron chi connectivity index (χ4n) is 7.43. The number of hydrogen-bond donors (Lipinski definition) is 0. The molecule has 0 spiro atoms. The highest BCUT2D eigenvalue weighted by molar-refractivity contribution is 7.26. The summed E-state index contributed by atoms with van der Waals surface area (Å²) in [7, 11) is 0. The topological polar surface area (TPSA) is 9.86 Å². The van der Waals surface area contributed by atoms with Gasteiger partial charge < -0.3 is 9.13 Å². The van der Waals surface area contributed by atoms with Crippen LogP contribution in [0.25, 0.3) is 86.3 Å². The fourth-order valence-corrected chi connectivity index (χ4v) is 8.67. The summed E-state index contributed by atoms with van der Waals surface area (Å²) < 4.78 is 7.54. The Morgan fingerprint density at radius 2 is 1.04 bits per heavy atom. The number of rotatable bonds is 3. The lowest BCUT2D eigenvalue weighted by molar-refractivity contribution is 1.18. The predicted molar refractivity (Wildman–Crippen MR) is 193 cm³/mol. The van der Waals surface area contributed by atoms with E-state index >= 15 is 0 Å². The van der Waals surface area contributed by atoms with E-state index in [2.05, 4.69) is 167 Å². The Kier molecular flexibility index (Phi) is 5.19. The molecule has 7 aromatic carbocycles. The molecule has 0 aliphatic heterocycles. The van der Waals surface area contributed by atoms with Gasteiger partial charge in [-0.3, -0.25) is 0 Å². The van der Waals surface area contributed by atoms with Gasteiger partial charge in [0.1, 0.15) is 0 Å². The van der Waals surface area contributed by atoms with Crippen molar-refractivity contribution in [1.29, 1.82) is 0 Å². The second kappa shape index (κ2) is 9.43. The van der Waals surface area contributed by atoms with Crippen LogP contribution >= 0.6 is 11.3 Å². The maximum Gasteiger partial charge on any atom is 0.0719 e. The first-order valence-electron chi connectivity index (χ1n) is 15.4. The van der Waals surface area contributed by atoms with E-state index in [4.69, 9.17) is 0 Å². The lowest BCUT2D eigenvalue weighted by Gasteiger charge is -2.12. The van der Waals surface area contributed by atoms with Crippen molar-refractivity contribution >= 4 is 75.1 Å². The van der Waals surface area contributed by atoms with Gasteiger partial charge in [0.15, 0.2) is 0 Å². The third kappa shape index (κ3) is 3.50. The molecule has 10 aromatic rings. The van der Waals surface area contributed by atoms with Gasteiger partial charge in [-0.2, -0.15) is 0 Å². The van der Waals surface area contributed by atoms with Gasteiger partial charge in [0.05, 0.1) is 26.8 Å². The Morgan fingerprint density at radius 3 is 1.91 bits per heavy atom. The minimum Gasteiger partial charge on any atom is -0.309 e. The SMILES string of the molecule is c1ccc(-n2c3ccccc3c3c(-c4cccc(-n5c6ccccc6c6ccc7c8ccccc8sc7c65)c4)cccc32)cc1. The first-order chi connectivity index (χ1) is 22.3. The van der Waals surface area contributed by atoms with E-state index < -0.39 is 0 Å². The van der Waals surface area contributed by atoms with E-state index in [9.17, 15) is 0 Å². The second-order valence-corrected chi connectivity index (χ2v) is 12.8. The lowest BCUT2D eigenvalue weighted by atomic mass is 9.99. The highest BCUT2D eigenvalue weighted by Crippen LogP contribution is 2.44. The number of thiophene rings is 1. The molecule has 10 rings (SSSR count). The Labute approximate surface area is 263 Å². The molecule has 0 unspecified atom stereocenters. The smallest absolute Gasteiger partial charge is 0.0719 e. The summed E-state index contributed by atoms with van der Waals surface area (Å²) in [5.74, 6) is 0. The highest BCUT2D eigenvalue weighted by atomic mass is 32.1. The summed E-state index contributed by atoms with van der Waals surface area (Å²) in [5, 5.41) is 7.77. The van der Waals surface area contributed by atoms with Crippen molar-refractivity contribution in [3.05, 3.63) is 158 Å². The maximum absolute atomic E-state index is 2.49. The van der Waals surface area contributed by atoms with Gasteiger partial charge in [-0.25, -0.2) is 0 Å². The fraction of sp³-hybridized carbons (Fsp3) is 0. The summed E-state index contributed by atoms with van der Waals surface area (Å²) in [6.07, 6.45) is 0. The van der Waals surface area contributed by atoms with Gasteiger partial charge in [-0.15, -0.1) is 11.3 Å². The molecule has 45 heavy (non-hydrogen) atoms. The van der Waals surface area contributed by atoms with E-state index in [1.807, 2.05) is 11.3 Å². The van der Waals surface area contributed by atoms with Crippen LogP contribution < -0.4 is 0 Å². The van der Waals surface area contributed by atoms with Gasteiger partial charge in [-0.1, -0.05) is 109 Å². The average Bonchev–Trinajstić information content (AvgIpc) is 3.76. The largest absolute Gasteiger partial charge is 0.309 e. The Balaban J connectivity index is 1.27. The van der Waals surface area contributed by atoms with Gasteiger partial charge in [0.25, 0.3) is 0 Å². The Bertz CT molecular complexity index is 2760. The van der Waals surface area contributed by atoms with Crippen molar-refractivity contribution in [3.8, 4) is 22.5 Å². The van der Waals surface area contributed by atoms with Crippen LogP contribution in [-0.2, 0) is 0 Å². The van der Waals surface area contributed by atoms with Crippen LogP contribution in [0.4, 0.5) is 0 Å². The normalized spacial score (nSPS) is 12.0. The number of para-hydroxylation sites is 3. The lowest BCUT2D eigenvalue weighted by Crippen LogP contribution is -1.95. The summed E-state index contributed by atoms with van der Waals surface area (Å²) in [6.45, 7) is 0. The van der Waals surface area contributed by atoms with Crippen molar-refractivity contribution in [2.45, 2.75) is 0 Å². The van der Waals surface area contributed by atoms with Crippen molar-refractivity contribution in [3.63, 3.8) is 0 Å². The molecule has 0 atom stereocenters. The molecule has 0 radical (unpaired) electrons. The summed E-state index contributed by atoms with van der Waals surface area (Å²) >= 11 is 1.90. The maximum atomic E-state index is 2.49. The number of hydrogen-bond acceptors (Lipinski definition) is 1. The molecular formula is C42H26N2S. The van der Waals surface area contributed by atoms with Gasteiger partial charge >= 0.3 is 0 Å². The van der Waals surface area contributed by atoms with Gasteiger partial charge in [0, 0.05) is 48.4 Å². The summed E-state index contributed by atoms with van der Waals surface area (Å²) in [4.78, 5) is 0. The van der Waals surface area contributed by atoms with E-state index in [1.165, 1.54) is 86.3 Å². The monoisotopic (exact) mass is 590 g/mol. The molecule has 2 nitrogen and oxygen atoms in total. The standard InChI is InChI=1S/C42H26N2S/c1-2-13-28(14-3-1)43-37-21-8-5-18-35(37)40-30(19-11-22-38(40)43)27-12-10-15-29(26-27)44-36-20-7-4-16-31(36)33-24-25-34-32-17-6-9-23-39(32)45-42(34)41(33)44/h1-26H. The summed E-state index contributed by atoms with van der Waals surface area (Å²) in [6, 6.07) is 57.5. The minimum atomic E-state index is 1.17. The van der Waals surface area contributed by atoms with E-state index in [1.54, 1.807) is 0 Å². The van der Waals surface area contributed by atoms with Crippen LogP contribution in [0.2, 0.25) is 0 Å². The number of aromatic nitrogens is 2. The zero-order valence-corrected chi connectivity index (χ0v) is 25.1. The van der Waals surface area contributed by atoms with Gasteiger partial charge in [0.2, 0.25) is 0 Å². The van der Waals surface area contributed by atoms with Crippen LogP contribution in [0.1, 0.15) is 0 Å². The third-order valence-corrected chi connectivity index (χ3v) is 10.5. The minimum absolute atomic E-state index is 1.17. The zero-order chi connectivity index (χ0) is 29.5. The molecule has 0 saturated carbocycles. The molecule has 3 heterocycles. The van der Waals surface area contributed by atoms with Crippen LogP contribution in [-0.4, -0.2) is 9.13 Å². The molecule has 0 aliphatic carbocycles. The van der Waals surface area contributed by atoms with Crippen molar-refractivity contribution in [1.82, 2.24) is 9.13 Å². The number of fused-ring (bicyclic) bond motifs is 10. The van der Waals surface area contributed by atoms with Crippen molar-refractivity contribution in [2.24, 2.45) is 0 Å². The van der Waals surface area contributed by atoms with Crippen LogP contribution in [0.15, 0.2) is 158 Å².